The molecule has 0 aromatic heterocycles. The highest BCUT2D eigenvalue weighted by Crippen LogP contribution is 2.24. The summed E-state index contributed by atoms with van der Waals surface area (Å²) in [6, 6.07) is 8.53. The molecule has 5 nitrogen and oxygen atoms in total. The Morgan fingerprint density at radius 3 is 2.62 bits per heavy atom. The molecule has 0 radical (unpaired) electrons. The van der Waals surface area contributed by atoms with Crippen LogP contribution in [-0.4, -0.2) is 23.6 Å². The third-order valence-electron chi connectivity index (χ3n) is 3.82. The van der Waals surface area contributed by atoms with Crippen LogP contribution < -0.4 is 11.1 Å². The van der Waals surface area contributed by atoms with Crippen LogP contribution in [0.5, 0.6) is 0 Å². The van der Waals surface area contributed by atoms with Crippen LogP contribution >= 0.6 is 0 Å². The van der Waals surface area contributed by atoms with E-state index in [0.717, 1.165) is 18.4 Å². The van der Waals surface area contributed by atoms with Crippen LogP contribution in [0.3, 0.4) is 0 Å². The predicted molar refractivity (Wildman–Crippen MR) is 78.2 cm³/mol. The highest BCUT2D eigenvalue weighted by atomic mass is 16.2. The van der Waals surface area contributed by atoms with Gasteiger partial charge in [-0.3, -0.25) is 14.4 Å². The van der Waals surface area contributed by atoms with Crippen LogP contribution in [0.15, 0.2) is 30.3 Å². The molecule has 1 fully saturated rings. The van der Waals surface area contributed by atoms with Crippen molar-refractivity contribution in [1.29, 1.82) is 0 Å². The number of primary amides is 1. The number of nitrogens with two attached hydrogens (primary N) is 1. The number of nitrogens with one attached hydrogen (secondary N) is 1. The Kier molecular flexibility index (Phi) is 5.09. The Balaban J connectivity index is 1.97. The van der Waals surface area contributed by atoms with Gasteiger partial charge in [-0.05, 0) is 24.3 Å². The van der Waals surface area contributed by atoms with Crippen LogP contribution in [0.4, 0.5) is 0 Å². The first kappa shape index (κ1) is 15.2. The number of benzene rings is 1. The predicted octanol–water partition coefficient (Wildman–Crippen LogP) is 0.959. The Bertz CT molecular complexity index is 528. The molecule has 2 amide bonds. The fourth-order valence-electron chi connectivity index (χ4n) is 2.77. The molecule has 1 saturated carbocycles. The van der Waals surface area contributed by atoms with Crippen molar-refractivity contribution in [2.24, 2.45) is 11.7 Å². The molecule has 112 valence electrons. The van der Waals surface area contributed by atoms with Crippen molar-refractivity contribution in [3.63, 3.8) is 0 Å². The zero-order valence-corrected chi connectivity index (χ0v) is 11.9. The first-order valence-corrected chi connectivity index (χ1v) is 7.20. The number of amides is 2. The van der Waals surface area contributed by atoms with Gasteiger partial charge in [0.2, 0.25) is 11.8 Å². The summed E-state index contributed by atoms with van der Waals surface area (Å²) in [4.78, 5) is 35.1. The summed E-state index contributed by atoms with van der Waals surface area (Å²) in [6.45, 7) is 0. The van der Waals surface area contributed by atoms with Gasteiger partial charge in [0.1, 0.15) is 11.8 Å². The summed E-state index contributed by atoms with van der Waals surface area (Å²) in [5.74, 6) is -0.864. The summed E-state index contributed by atoms with van der Waals surface area (Å²) in [7, 11) is 0. The van der Waals surface area contributed by atoms with Crippen molar-refractivity contribution in [3.05, 3.63) is 35.9 Å². The Morgan fingerprint density at radius 1 is 1.29 bits per heavy atom. The van der Waals surface area contributed by atoms with E-state index in [1.807, 2.05) is 30.3 Å². The quantitative estimate of drug-likeness (QED) is 0.845. The van der Waals surface area contributed by atoms with Crippen molar-refractivity contribution >= 4 is 17.6 Å². The molecule has 1 aliphatic rings. The zero-order chi connectivity index (χ0) is 15.2. The maximum atomic E-state index is 12.0. The van der Waals surface area contributed by atoms with Gasteiger partial charge in [0, 0.05) is 12.8 Å². The summed E-state index contributed by atoms with van der Waals surface area (Å²) < 4.78 is 0. The van der Waals surface area contributed by atoms with E-state index in [1.165, 1.54) is 0 Å². The van der Waals surface area contributed by atoms with Crippen LogP contribution in [0.25, 0.3) is 0 Å². The Hall–Kier alpha value is -2.17. The van der Waals surface area contributed by atoms with Gasteiger partial charge >= 0.3 is 0 Å². The van der Waals surface area contributed by atoms with Crippen molar-refractivity contribution in [3.8, 4) is 0 Å². The smallest absolute Gasteiger partial charge is 0.240 e. The fourth-order valence-corrected chi connectivity index (χ4v) is 2.77. The molecule has 0 saturated heterocycles. The zero-order valence-electron chi connectivity index (χ0n) is 11.9. The van der Waals surface area contributed by atoms with Crippen molar-refractivity contribution in [2.45, 2.75) is 38.1 Å². The largest absolute Gasteiger partial charge is 0.368 e. The maximum absolute atomic E-state index is 12.0. The molecule has 1 aromatic carbocycles. The molecule has 21 heavy (non-hydrogen) atoms. The van der Waals surface area contributed by atoms with E-state index >= 15 is 0 Å². The average molecular weight is 288 g/mol. The molecule has 0 aliphatic heterocycles. The minimum absolute atomic E-state index is 0.134. The van der Waals surface area contributed by atoms with E-state index in [2.05, 4.69) is 5.32 Å². The summed E-state index contributed by atoms with van der Waals surface area (Å²) in [5.41, 5.74) is 6.26. The third kappa shape index (κ3) is 4.41. The number of carbonyl (C=O) groups is 3. The van der Waals surface area contributed by atoms with Gasteiger partial charge in [-0.1, -0.05) is 30.3 Å². The second-order valence-electron chi connectivity index (χ2n) is 5.51. The lowest BCUT2D eigenvalue weighted by molar-refractivity contribution is -0.130. The molecule has 0 spiro atoms. The van der Waals surface area contributed by atoms with Crippen LogP contribution in [0.1, 0.15) is 31.2 Å². The number of hydrogen-bond donors (Lipinski definition) is 2. The van der Waals surface area contributed by atoms with E-state index in [-0.39, 0.29) is 24.0 Å². The van der Waals surface area contributed by atoms with Gasteiger partial charge in [0.25, 0.3) is 0 Å². The van der Waals surface area contributed by atoms with Crippen molar-refractivity contribution in [2.75, 3.05) is 0 Å². The molecule has 3 N–H and O–H groups in total. The number of rotatable bonds is 5. The van der Waals surface area contributed by atoms with Crippen LogP contribution in [0, 0.1) is 5.92 Å². The minimum atomic E-state index is -0.759. The lowest BCUT2D eigenvalue weighted by Crippen LogP contribution is -2.50. The first-order valence-electron chi connectivity index (χ1n) is 7.20. The molecule has 0 unspecified atom stereocenters. The summed E-state index contributed by atoms with van der Waals surface area (Å²) in [5, 5.41) is 2.69. The van der Waals surface area contributed by atoms with E-state index < -0.39 is 11.9 Å². The van der Waals surface area contributed by atoms with Gasteiger partial charge < -0.3 is 11.1 Å². The number of ketones is 1. The standard InChI is InChI=1S/C16H20N2O3/c17-16(21)15(12-7-4-8-13(19)10-12)18-14(20)9-11-5-2-1-3-6-11/h1-3,5-6,12,15H,4,7-10H2,(H2,17,21)(H,18,20)/t12-,15-/m1/s1. The first-order chi connectivity index (χ1) is 10.1. The van der Waals surface area contributed by atoms with E-state index in [0.29, 0.717) is 12.8 Å². The highest BCUT2D eigenvalue weighted by Gasteiger charge is 2.31. The van der Waals surface area contributed by atoms with Gasteiger partial charge in [-0.15, -0.1) is 0 Å². The number of Topliss-reactive ketones (excluding diaryl/α,β-unsaturated/α-hetero) is 1. The highest BCUT2D eigenvalue weighted by molar-refractivity contribution is 5.89. The monoisotopic (exact) mass is 288 g/mol. The van der Waals surface area contributed by atoms with Crippen molar-refractivity contribution < 1.29 is 14.4 Å². The lowest BCUT2D eigenvalue weighted by Gasteiger charge is -2.28. The summed E-state index contributed by atoms with van der Waals surface area (Å²) in [6.07, 6.45) is 2.57. The van der Waals surface area contributed by atoms with Crippen LogP contribution in [0.2, 0.25) is 0 Å². The van der Waals surface area contributed by atoms with Gasteiger partial charge in [0.05, 0.1) is 6.42 Å². The molecule has 1 aromatic rings. The Morgan fingerprint density at radius 2 is 2.00 bits per heavy atom. The van der Waals surface area contributed by atoms with Crippen molar-refractivity contribution in [1.82, 2.24) is 5.32 Å². The average Bonchev–Trinajstić information content (AvgIpc) is 2.45. The fraction of sp³-hybridized carbons (Fsp3) is 0.438. The maximum Gasteiger partial charge on any atom is 0.240 e. The molecular weight excluding hydrogens is 268 g/mol. The molecule has 0 heterocycles. The molecule has 1 aliphatic carbocycles. The minimum Gasteiger partial charge on any atom is -0.368 e. The van der Waals surface area contributed by atoms with Crippen LogP contribution in [-0.2, 0) is 20.8 Å². The SMILES string of the molecule is NC(=O)[C@H](NC(=O)Cc1ccccc1)[C@@H]1CCCC(=O)C1. The number of carbonyl (C=O) groups excluding carboxylic acids is 3. The Labute approximate surface area is 123 Å². The number of hydrogen-bond acceptors (Lipinski definition) is 3. The lowest BCUT2D eigenvalue weighted by atomic mass is 9.83. The van der Waals surface area contributed by atoms with E-state index in [1.54, 1.807) is 0 Å². The van der Waals surface area contributed by atoms with Gasteiger partial charge in [0.15, 0.2) is 0 Å². The normalized spacial score (nSPS) is 19.8. The topological polar surface area (TPSA) is 89.3 Å². The van der Waals surface area contributed by atoms with Gasteiger partial charge in [-0.25, -0.2) is 0 Å². The van der Waals surface area contributed by atoms with E-state index in [4.69, 9.17) is 5.73 Å². The molecule has 2 atom stereocenters. The molecule has 2 rings (SSSR count). The van der Waals surface area contributed by atoms with Gasteiger partial charge in [-0.2, -0.15) is 0 Å². The second-order valence-corrected chi connectivity index (χ2v) is 5.51. The van der Waals surface area contributed by atoms with E-state index in [9.17, 15) is 14.4 Å². The third-order valence-corrected chi connectivity index (χ3v) is 3.82. The molecule has 5 heteroatoms. The molecular formula is C16H20N2O3. The molecule has 0 bridgehead atoms. The second kappa shape index (κ2) is 7.02. The summed E-state index contributed by atoms with van der Waals surface area (Å²) >= 11 is 0.